The van der Waals surface area contributed by atoms with E-state index < -0.39 is 0 Å². The monoisotopic (exact) mass is 358 g/mol. The number of benzene rings is 1. The van der Waals surface area contributed by atoms with Gasteiger partial charge in [-0.3, -0.25) is 4.90 Å². The average Bonchev–Trinajstić information content (AvgIpc) is 3.08. The van der Waals surface area contributed by atoms with Gasteiger partial charge >= 0.3 is 0 Å². The summed E-state index contributed by atoms with van der Waals surface area (Å²) in [5.41, 5.74) is 1.70. The second-order valence-electron chi connectivity index (χ2n) is 9.57. The molecule has 0 aliphatic carbocycles. The summed E-state index contributed by atoms with van der Waals surface area (Å²) in [6, 6.07) is 12.3. The first-order valence-electron chi connectivity index (χ1n) is 10.5. The van der Waals surface area contributed by atoms with Crippen molar-refractivity contribution >= 4 is 0 Å². The van der Waals surface area contributed by atoms with E-state index >= 15 is 0 Å². The van der Waals surface area contributed by atoms with Crippen molar-refractivity contribution in [1.29, 1.82) is 0 Å². The molecule has 1 N–H and O–H groups in total. The summed E-state index contributed by atoms with van der Waals surface area (Å²) in [6.07, 6.45) is 4.17. The largest absolute Gasteiger partial charge is 0.378 e. The molecule has 26 heavy (non-hydrogen) atoms. The topological polar surface area (TPSA) is 24.5 Å². The number of piperidine rings is 1. The fourth-order valence-electron chi connectivity index (χ4n) is 4.77. The SMILES string of the molecule is CC(C)OCC1CNC(C2CCC(c3ccccc3)CN2C(C)(C)C)C1. The fourth-order valence-corrected chi connectivity index (χ4v) is 4.77. The Morgan fingerprint density at radius 3 is 2.54 bits per heavy atom. The van der Waals surface area contributed by atoms with Gasteiger partial charge in [0.05, 0.1) is 12.7 Å². The highest BCUT2D eigenvalue weighted by atomic mass is 16.5. The molecule has 1 aromatic rings. The molecule has 2 fully saturated rings. The van der Waals surface area contributed by atoms with E-state index in [1.165, 1.54) is 31.4 Å². The lowest BCUT2D eigenvalue weighted by molar-refractivity contribution is 0.0218. The van der Waals surface area contributed by atoms with Gasteiger partial charge < -0.3 is 10.1 Å². The Morgan fingerprint density at radius 2 is 1.88 bits per heavy atom. The zero-order valence-electron chi connectivity index (χ0n) is 17.4. The van der Waals surface area contributed by atoms with Crippen LogP contribution < -0.4 is 5.32 Å². The normalized spacial score (nSPS) is 30.8. The second kappa shape index (κ2) is 8.41. The van der Waals surface area contributed by atoms with E-state index in [1.54, 1.807) is 0 Å². The number of nitrogens with one attached hydrogen (secondary N) is 1. The van der Waals surface area contributed by atoms with Gasteiger partial charge in [-0.25, -0.2) is 0 Å². The van der Waals surface area contributed by atoms with E-state index in [2.05, 4.69) is 75.2 Å². The molecule has 4 unspecified atom stereocenters. The lowest BCUT2D eigenvalue weighted by Crippen LogP contribution is -2.58. The van der Waals surface area contributed by atoms with Gasteiger partial charge in [-0.05, 0) is 71.3 Å². The molecule has 0 aromatic heterocycles. The molecule has 2 aliphatic heterocycles. The summed E-state index contributed by atoms with van der Waals surface area (Å²) in [5.74, 6) is 1.32. The first-order chi connectivity index (χ1) is 12.3. The lowest BCUT2D eigenvalue weighted by atomic mass is 9.81. The molecule has 146 valence electrons. The maximum atomic E-state index is 5.88. The van der Waals surface area contributed by atoms with E-state index in [0.29, 0.717) is 30.0 Å². The van der Waals surface area contributed by atoms with Gasteiger partial charge in [0.25, 0.3) is 0 Å². The summed E-state index contributed by atoms with van der Waals surface area (Å²) in [6.45, 7) is 14.6. The van der Waals surface area contributed by atoms with Crippen LogP contribution in [0.3, 0.4) is 0 Å². The highest BCUT2D eigenvalue weighted by molar-refractivity contribution is 5.21. The van der Waals surface area contributed by atoms with Gasteiger partial charge in [0.1, 0.15) is 0 Å². The van der Waals surface area contributed by atoms with E-state index in [9.17, 15) is 0 Å². The average molecular weight is 359 g/mol. The minimum absolute atomic E-state index is 0.201. The molecule has 3 rings (SSSR count). The maximum Gasteiger partial charge on any atom is 0.0519 e. The van der Waals surface area contributed by atoms with Crippen molar-refractivity contribution < 1.29 is 4.74 Å². The summed E-state index contributed by atoms with van der Waals surface area (Å²) in [4.78, 5) is 2.78. The molecular formula is C23H38N2O. The van der Waals surface area contributed by atoms with Gasteiger partial charge in [-0.15, -0.1) is 0 Å². The molecule has 1 aromatic carbocycles. The van der Waals surface area contributed by atoms with Crippen LogP contribution in [0.1, 0.15) is 65.4 Å². The van der Waals surface area contributed by atoms with Crippen LogP contribution in [0, 0.1) is 5.92 Å². The third-order valence-electron chi connectivity index (χ3n) is 6.15. The Bertz CT molecular complexity index is 551. The molecule has 0 bridgehead atoms. The van der Waals surface area contributed by atoms with Crippen molar-refractivity contribution in [2.24, 2.45) is 5.92 Å². The van der Waals surface area contributed by atoms with Crippen LogP contribution in [-0.2, 0) is 4.74 Å². The molecule has 2 saturated heterocycles. The van der Waals surface area contributed by atoms with Crippen molar-refractivity contribution in [1.82, 2.24) is 10.2 Å². The van der Waals surface area contributed by atoms with Crippen LogP contribution in [0.5, 0.6) is 0 Å². The zero-order valence-corrected chi connectivity index (χ0v) is 17.4. The van der Waals surface area contributed by atoms with E-state index in [4.69, 9.17) is 4.74 Å². The number of nitrogens with zero attached hydrogens (tertiary/aromatic N) is 1. The number of hydrogen-bond donors (Lipinski definition) is 1. The van der Waals surface area contributed by atoms with Crippen LogP contribution in [0.15, 0.2) is 30.3 Å². The summed E-state index contributed by atoms with van der Waals surface area (Å²) < 4.78 is 5.88. The molecular weight excluding hydrogens is 320 g/mol. The lowest BCUT2D eigenvalue weighted by Gasteiger charge is -2.49. The standard InChI is InChI=1S/C23H38N2O/c1-17(2)26-16-18-13-21(24-14-18)22-12-11-20(15-25(22)23(3,4)5)19-9-7-6-8-10-19/h6-10,17-18,20-22,24H,11-16H2,1-5H3. The van der Waals surface area contributed by atoms with E-state index in [-0.39, 0.29) is 5.54 Å². The van der Waals surface area contributed by atoms with Crippen LogP contribution in [0.2, 0.25) is 0 Å². The molecule has 0 saturated carbocycles. The van der Waals surface area contributed by atoms with Crippen LogP contribution in [0.25, 0.3) is 0 Å². The molecule has 0 amide bonds. The van der Waals surface area contributed by atoms with Crippen molar-refractivity contribution in [3.8, 4) is 0 Å². The molecule has 4 atom stereocenters. The first-order valence-corrected chi connectivity index (χ1v) is 10.5. The molecule has 3 heteroatoms. The fraction of sp³-hybridized carbons (Fsp3) is 0.739. The Labute approximate surface area is 160 Å². The van der Waals surface area contributed by atoms with Crippen molar-refractivity contribution in [3.63, 3.8) is 0 Å². The maximum absolute atomic E-state index is 5.88. The molecule has 2 heterocycles. The summed E-state index contributed by atoms with van der Waals surface area (Å²) >= 11 is 0. The molecule has 0 radical (unpaired) electrons. The highest BCUT2D eigenvalue weighted by Crippen LogP contribution is 2.37. The highest BCUT2D eigenvalue weighted by Gasteiger charge is 2.41. The van der Waals surface area contributed by atoms with E-state index in [1.807, 2.05) is 0 Å². The number of ether oxygens (including phenoxy) is 1. The minimum Gasteiger partial charge on any atom is -0.378 e. The van der Waals surface area contributed by atoms with Gasteiger partial charge in [-0.2, -0.15) is 0 Å². The zero-order chi connectivity index (χ0) is 18.7. The van der Waals surface area contributed by atoms with Gasteiger partial charge in [-0.1, -0.05) is 30.3 Å². The predicted octanol–water partition coefficient (Wildman–Crippen LogP) is 4.44. The predicted molar refractivity (Wildman–Crippen MR) is 110 cm³/mol. The molecule has 0 spiro atoms. The summed E-state index contributed by atoms with van der Waals surface area (Å²) in [5, 5.41) is 3.84. The summed E-state index contributed by atoms with van der Waals surface area (Å²) in [7, 11) is 0. The minimum atomic E-state index is 0.201. The Hall–Kier alpha value is -0.900. The Morgan fingerprint density at radius 1 is 1.15 bits per heavy atom. The van der Waals surface area contributed by atoms with Crippen molar-refractivity contribution in [3.05, 3.63) is 35.9 Å². The number of hydrogen-bond acceptors (Lipinski definition) is 3. The third-order valence-corrected chi connectivity index (χ3v) is 6.15. The van der Waals surface area contributed by atoms with Crippen molar-refractivity contribution in [2.75, 3.05) is 19.7 Å². The Balaban J connectivity index is 1.66. The van der Waals surface area contributed by atoms with Gasteiger partial charge in [0, 0.05) is 30.7 Å². The van der Waals surface area contributed by atoms with Crippen molar-refractivity contribution in [2.45, 2.75) is 83.5 Å². The number of likely N-dealkylation sites (tertiary alicyclic amines) is 1. The van der Waals surface area contributed by atoms with E-state index in [0.717, 1.165) is 13.2 Å². The van der Waals surface area contributed by atoms with Gasteiger partial charge in [0.15, 0.2) is 0 Å². The molecule has 2 aliphatic rings. The number of rotatable bonds is 5. The van der Waals surface area contributed by atoms with Crippen LogP contribution >= 0.6 is 0 Å². The second-order valence-corrected chi connectivity index (χ2v) is 9.57. The Kier molecular flexibility index (Phi) is 6.42. The van der Waals surface area contributed by atoms with Crippen LogP contribution in [-0.4, -0.2) is 48.3 Å². The third kappa shape index (κ3) is 4.88. The van der Waals surface area contributed by atoms with Crippen LogP contribution in [0.4, 0.5) is 0 Å². The smallest absolute Gasteiger partial charge is 0.0519 e. The first kappa shape index (κ1) is 19.9. The quantitative estimate of drug-likeness (QED) is 0.842. The molecule has 3 nitrogen and oxygen atoms in total. The van der Waals surface area contributed by atoms with Gasteiger partial charge in [0.2, 0.25) is 0 Å².